The maximum Gasteiger partial charge on any atom is 0.339 e. The van der Waals surface area contributed by atoms with Crippen molar-refractivity contribution in [1.82, 2.24) is 10.6 Å². The molecule has 140 valence electrons. The van der Waals surface area contributed by atoms with E-state index in [1.807, 2.05) is 12.1 Å². The van der Waals surface area contributed by atoms with E-state index in [2.05, 4.69) is 10.6 Å². The monoisotopic (exact) mass is 378 g/mol. The summed E-state index contributed by atoms with van der Waals surface area (Å²) in [5.41, 5.74) is 0.408. The van der Waals surface area contributed by atoms with Crippen LogP contribution in [0.1, 0.15) is 36.0 Å². The van der Waals surface area contributed by atoms with E-state index < -0.39 is 24.5 Å². The van der Waals surface area contributed by atoms with Gasteiger partial charge in [-0.3, -0.25) is 10.1 Å². The van der Waals surface area contributed by atoms with E-state index in [0.29, 0.717) is 5.56 Å². The van der Waals surface area contributed by atoms with Crippen LogP contribution in [-0.2, 0) is 14.3 Å². The Bertz CT molecular complexity index is 671. The summed E-state index contributed by atoms with van der Waals surface area (Å²) in [5, 5.41) is 4.78. The van der Waals surface area contributed by atoms with E-state index >= 15 is 0 Å². The van der Waals surface area contributed by atoms with E-state index in [-0.39, 0.29) is 12.1 Å². The van der Waals surface area contributed by atoms with Crippen molar-refractivity contribution in [2.45, 2.75) is 42.7 Å². The molecule has 0 spiro atoms. The van der Waals surface area contributed by atoms with Crippen LogP contribution in [0.25, 0.3) is 0 Å². The zero-order valence-electron chi connectivity index (χ0n) is 14.4. The predicted molar refractivity (Wildman–Crippen MR) is 96.1 cm³/mol. The van der Waals surface area contributed by atoms with Gasteiger partial charge in [0.15, 0.2) is 6.61 Å². The molecule has 1 aliphatic carbocycles. The molecule has 0 unspecified atom stereocenters. The van der Waals surface area contributed by atoms with Crippen LogP contribution in [0.4, 0.5) is 4.79 Å². The quantitative estimate of drug-likeness (QED) is 0.557. The molecule has 2 N–H and O–H groups in total. The zero-order valence-corrected chi connectivity index (χ0v) is 15.2. The Morgan fingerprint density at radius 2 is 2.00 bits per heavy atom. The van der Waals surface area contributed by atoms with Crippen LogP contribution in [0.15, 0.2) is 29.2 Å². The third-order valence-electron chi connectivity index (χ3n) is 4.06. The molecule has 3 amide bonds. The minimum absolute atomic E-state index is 0.151. The average Bonchev–Trinajstić information content (AvgIpc) is 3.28. The molecule has 8 heteroatoms. The number of carbonyl (C=O) groups is 3. The van der Waals surface area contributed by atoms with Gasteiger partial charge in [0.1, 0.15) is 0 Å². The maximum absolute atomic E-state index is 12.3. The van der Waals surface area contributed by atoms with Crippen molar-refractivity contribution in [3.05, 3.63) is 29.8 Å². The van der Waals surface area contributed by atoms with Crippen LogP contribution in [0.5, 0.6) is 0 Å². The number of urea groups is 1. The number of ether oxygens (including phenoxy) is 2. The Labute approximate surface area is 156 Å². The molecule has 1 aromatic rings. The Balaban J connectivity index is 1.47. The number of rotatable bonds is 7. The van der Waals surface area contributed by atoms with Crippen molar-refractivity contribution in [3.63, 3.8) is 0 Å². The lowest BCUT2D eigenvalue weighted by molar-refractivity contribution is -0.123. The number of amides is 3. The molecule has 1 heterocycles. The lowest BCUT2D eigenvalue weighted by Gasteiger charge is -2.12. The fourth-order valence-electron chi connectivity index (χ4n) is 2.54. The summed E-state index contributed by atoms with van der Waals surface area (Å²) in [7, 11) is 0. The molecular weight excluding hydrogens is 356 g/mol. The average molecular weight is 378 g/mol. The van der Waals surface area contributed by atoms with Crippen LogP contribution in [0, 0.1) is 0 Å². The molecule has 0 bridgehead atoms. The fourth-order valence-corrected chi connectivity index (χ4v) is 3.65. The number of esters is 1. The molecule has 0 aromatic heterocycles. The SMILES string of the molecule is O=C(COC(=O)c1ccccc1SC[C@@H]1CCCO1)NC(=O)NC1CC1. The summed E-state index contributed by atoms with van der Waals surface area (Å²) >= 11 is 1.54. The lowest BCUT2D eigenvalue weighted by Crippen LogP contribution is -2.42. The first-order valence-electron chi connectivity index (χ1n) is 8.72. The normalized spacial score (nSPS) is 19.0. The van der Waals surface area contributed by atoms with Gasteiger partial charge in [-0.1, -0.05) is 12.1 Å². The van der Waals surface area contributed by atoms with Gasteiger partial charge in [0.2, 0.25) is 0 Å². The van der Waals surface area contributed by atoms with Crippen molar-refractivity contribution in [3.8, 4) is 0 Å². The number of benzene rings is 1. The van der Waals surface area contributed by atoms with Crippen LogP contribution < -0.4 is 10.6 Å². The Morgan fingerprint density at radius 1 is 1.19 bits per heavy atom. The number of hydrogen-bond acceptors (Lipinski definition) is 6. The number of imide groups is 1. The van der Waals surface area contributed by atoms with Gasteiger partial charge in [0.05, 0.1) is 11.7 Å². The van der Waals surface area contributed by atoms with Crippen LogP contribution in [-0.4, -0.2) is 49.0 Å². The number of nitrogens with one attached hydrogen (secondary N) is 2. The highest BCUT2D eigenvalue weighted by molar-refractivity contribution is 7.99. The minimum atomic E-state index is -0.652. The van der Waals surface area contributed by atoms with E-state index in [1.54, 1.807) is 23.9 Å². The molecule has 2 aliphatic rings. The second kappa shape index (κ2) is 9.05. The molecule has 1 saturated heterocycles. The van der Waals surface area contributed by atoms with Crippen molar-refractivity contribution < 1.29 is 23.9 Å². The third kappa shape index (κ3) is 5.74. The standard InChI is InChI=1S/C18H22N2O5S/c21-16(20-18(23)19-12-7-8-12)10-25-17(22)14-5-1-2-6-15(14)26-11-13-4-3-9-24-13/h1-2,5-6,12-13H,3-4,7-11H2,(H2,19,20,21,23)/t13-/m0/s1. The topological polar surface area (TPSA) is 93.7 Å². The number of hydrogen-bond donors (Lipinski definition) is 2. The first-order valence-corrected chi connectivity index (χ1v) is 9.71. The van der Waals surface area contributed by atoms with Crippen molar-refractivity contribution >= 4 is 29.7 Å². The van der Waals surface area contributed by atoms with Gasteiger partial charge in [0, 0.05) is 23.3 Å². The van der Waals surface area contributed by atoms with E-state index in [1.165, 1.54) is 0 Å². The highest BCUT2D eigenvalue weighted by Gasteiger charge is 2.24. The smallest absolute Gasteiger partial charge is 0.339 e. The van der Waals surface area contributed by atoms with Gasteiger partial charge in [-0.05, 0) is 37.8 Å². The second-order valence-electron chi connectivity index (χ2n) is 6.31. The first-order chi connectivity index (χ1) is 12.6. The van der Waals surface area contributed by atoms with Crippen molar-refractivity contribution in [2.24, 2.45) is 0 Å². The summed E-state index contributed by atoms with van der Waals surface area (Å²) in [6.45, 7) is 0.292. The van der Waals surface area contributed by atoms with Crippen molar-refractivity contribution in [2.75, 3.05) is 19.0 Å². The maximum atomic E-state index is 12.3. The fraction of sp³-hybridized carbons (Fsp3) is 0.500. The zero-order chi connectivity index (χ0) is 18.4. The van der Waals surface area contributed by atoms with Crippen LogP contribution in [0.2, 0.25) is 0 Å². The van der Waals surface area contributed by atoms with E-state index in [9.17, 15) is 14.4 Å². The summed E-state index contributed by atoms with van der Waals surface area (Å²) in [4.78, 5) is 36.3. The largest absolute Gasteiger partial charge is 0.452 e. The van der Waals surface area contributed by atoms with Crippen LogP contribution >= 0.6 is 11.8 Å². The van der Waals surface area contributed by atoms with Gasteiger partial charge in [-0.15, -0.1) is 11.8 Å². The predicted octanol–water partition coefficient (Wildman–Crippen LogP) is 2.10. The third-order valence-corrected chi connectivity index (χ3v) is 5.26. The Morgan fingerprint density at radius 3 is 2.73 bits per heavy atom. The van der Waals surface area contributed by atoms with Gasteiger partial charge < -0.3 is 14.8 Å². The molecule has 7 nitrogen and oxygen atoms in total. The highest BCUT2D eigenvalue weighted by atomic mass is 32.2. The molecular formula is C18H22N2O5S. The molecule has 3 rings (SSSR count). The number of thioether (sulfide) groups is 1. The van der Waals surface area contributed by atoms with Crippen molar-refractivity contribution in [1.29, 1.82) is 0 Å². The minimum Gasteiger partial charge on any atom is -0.452 e. The summed E-state index contributed by atoms with van der Waals surface area (Å²) in [6, 6.07) is 6.70. The Hall–Kier alpha value is -2.06. The number of carbonyl (C=O) groups excluding carboxylic acids is 3. The van der Waals surface area contributed by atoms with Crippen LogP contribution in [0.3, 0.4) is 0 Å². The summed E-state index contributed by atoms with van der Waals surface area (Å²) < 4.78 is 10.6. The van der Waals surface area contributed by atoms with Gasteiger partial charge >= 0.3 is 12.0 Å². The lowest BCUT2D eigenvalue weighted by atomic mass is 10.2. The second-order valence-corrected chi connectivity index (χ2v) is 7.38. The molecule has 1 aliphatic heterocycles. The summed E-state index contributed by atoms with van der Waals surface area (Å²) in [5.74, 6) is -0.467. The van der Waals surface area contributed by atoms with E-state index in [0.717, 1.165) is 42.9 Å². The Kier molecular flexibility index (Phi) is 6.51. The molecule has 0 radical (unpaired) electrons. The molecule has 1 saturated carbocycles. The van der Waals surface area contributed by atoms with Gasteiger partial charge in [-0.2, -0.15) is 0 Å². The summed E-state index contributed by atoms with van der Waals surface area (Å²) in [6.07, 6.45) is 4.16. The van der Waals surface area contributed by atoms with Gasteiger partial charge in [-0.25, -0.2) is 9.59 Å². The highest BCUT2D eigenvalue weighted by Crippen LogP contribution is 2.27. The molecule has 2 fully saturated rings. The molecule has 1 aromatic carbocycles. The molecule has 26 heavy (non-hydrogen) atoms. The van der Waals surface area contributed by atoms with Gasteiger partial charge in [0.25, 0.3) is 5.91 Å². The van der Waals surface area contributed by atoms with E-state index in [4.69, 9.17) is 9.47 Å². The molecule has 1 atom stereocenters. The first kappa shape index (κ1) is 18.7.